The fourth-order valence-electron chi connectivity index (χ4n) is 3.82. The Labute approximate surface area is 157 Å². The van der Waals surface area contributed by atoms with Gasteiger partial charge in [0, 0.05) is 17.7 Å². The molecule has 0 radical (unpaired) electrons. The number of anilines is 2. The molecule has 3 N–H and O–H groups in total. The number of hydrogen-bond acceptors (Lipinski definition) is 5. The van der Waals surface area contributed by atoms with E-state index < -0.39 is 0 Å². The van der Waals surface area contributed by atoms with E-state index in [0.29, 0.717) is 11.1 Å². The van der Waals surface area contributed by atoms with Crippen molar-refractivity contribution in [2.75, 3.05) is 5.32 Å². The molecule has 2 atom stereocenters. The number of aliphatic hydroxyl groups is 1. The Morgan fingerprint density at radius 3 is 2.56 bits per heavy atom. The molecule has 142 valence electrons. The van der Waals surface area contributed by atoms with Crippen molar-refractivity contribution >= 4 is 23.3 Å². The summed E-state index contributed by atoms with van der Waals surface area (Å²) in [6.07, 6.45) is 2.23. The molecule has 1 aliphatic heterocycles. The lowest BCUT2D eigenvalue weighted by molar-refractivity contribution is 0.0879. The minimum Gasteiger partial charge on any atom is -0.393 e. The van der Waals surface area contributed by atoms with E-state index in [0.717, 1.165) is 36.5 Å². The fraction of sp³-hybridized carbons (Fsp3) is 0.450. The van der Waals surface area contributed by atoms with Gasteiger partial charge < -0.3 is 10.4 Å². The largest absolute Gasteiger partial charge is 0.393 e. The van der Waals surface area contributed by atoms with Crippen molar-refractivity contribution in [3.8, 4) is 0 Å². The number of amides is 2. The first kappa shape index (κ1) is 17.7. The van der Waals surface area contributed by atoms with Crippen molar-refractivity contribution in [1.29, 1.82) is 0 Å². The molecular weight excluding hydrogens is 344 g/mol. The zero-order chi connectivity index (χ0) is 19.3. The Balaban J connectivity index is 1.67. The van der Waals surface area contributed by atoms with Crippen molar-refractivity contribution in [2.45, 2.75) is 57.6 Å². The van der Waals surface area contributed by atoms with Crippen LogP contribution in [0.3, 0.4) is 0 Å². The van der Waals surface area contributed by atoms with Gasteiger partial charge in [-0.3, -0.25) is 14.9 Å². The summed E-state index contributed by atoms with van der Waals surface area (Å²) in [6.45, 7) is 6.23. The van der Waals surface area contributed by atoms with Crippen LogP contribution in [0.25, 0.3) is 0 Å². The molecule has 1 aliphatic carbocycles. The maximum absolute atomic E-state index is 11.9. The molecular formula is C20H24N4O3. The molecule has 2 aromatic rings. The molecule has 0 bridgehead atoms. The van der Waals surface area contributed by atoms with Crippen LogP contribution < -0.4 is 10.6 Å². The van der Waals surface area contributed by atoms with Crippen LogP contribution in [0, 0.1) is 0 Å². The highest BCUT2D eigenvalue weighted by atomic mass is 16.3. The lowest BCUT2D eigenvalue weighted by Crippen LogP contribution is -2.24. The van der Waals surface area contributed by atoms with Gasteiger partial charge in [-0.1, -0.05) is 0 Å². The van der Waals surface area contributed by atoms with Gasteiger partial charge in [-0.2, -0.15) is 5.10 Å². The van der Waals surface area contributed by atoms with Gasteiger partial charge >= 0.3 is 0 Å². The average Bonchev–Trinajstić information content (AvgIpc) is 3.26. The summed E-state index contributed by atoms with van der Waals surface area (Å²) in [5.74, 6) is 0.350. The quantitative estimate of drug-likeness (QED) is 0.724. The Morgan fingerprint density at radius 2 is 1.89 bits per heavy atom. The van der Waals surface area contributed by atoms with Gasteiger partial charge in [-0.25, -0.2) is 4.68 Å². The first-order chi connectivity index (χ1) is 12.7. The second-order valence-electron chi connectivity index (χ2n) is 8.37. The van der Waals surface area contributed by atoms with Crippen LogP contribution in [-0.4, -0.2) is 32.8 Å². The van der Waals surface area contributed by atoms with Crippen LogP contribution in [0.1, 0.15) is 72.4 Å². The summed E-state index contributed by atoms with van der Waals surface area (Å²) in [4.78, 5) is 23.6. The maximum atomic E-state index is 11.9. The van der Waals surface area contributed by atoms with Gasteiger partial charge in [0.1, 0.15) is 5.82 Å². The van der Waals surface area contributed by atoms with E-state index in [1.54, 1.807) is 18.2 Å². The first-order valence-electron chi connectivity index (χ1n) is 9.27. The van der Waals surface area contributed by atoms with E-state index in [1.807, 2.05) is 10.7 Å². The number of benzene rings is 1. The van der Waals surface area contributed by atoms with Gasteiger partial charge in [0.05, 0.1) is 28.5 Å². The lowest BCUT2D eigenvalue weighted by Gasteiger charge is -2.23. The van der Waals surface area contributed by atoms with Gasteiger partial charge in [-0.15, -0.1) is 0 Å². The number of aromatic nitrogens is 2. The number of nitrogens with one attached hydrogen (secondary N) is 2. The smallest absolute Gasteiger partial charge is 0.259 e. The second-order valence-corrected chi connectivity index (χ2v) is 8.37. The predicted molar refractivity (Wildman–Crippen MR) is 101 cm³/mol. The number of hydrogen-bond donors (Lipinski definition) is 3. The van der Waals surface area contributed by atoms with Crippen molar-refractivity contribution in [1.82, 2.24) is 15.1 Å². The SMILES string of the molecule is CC(C)(C)n1nc(C2CCC(O)C2)cc1Nc1ccc2c(c1)C(=O)NC2=O. The van der Waals surface area contributed by atoms with Crippen LogP contribution in [0.5, 0.6) is 0 Å². The van der Waals surface area contributed by atoms with Crippen LogP contribution in [-0.2, 0) is 5.54 Å². The lowest BCUT2D eigenvalue weighted by atomic mass is 10.0. The topological polar surface area (TPSA) is 96.2 Å². The zero-order valence-electron chi connectivity index (χ0n) is 15.7. The Morgan fingerprint density at radius 1 is 1.15 bits per heavy atom. The third-order valence-corrected chi connectivity index (χ3v) is 5.20. The zero-order valence-corrected chi connectivity index (χ0v) is 15.7. The van der Waals surface area contributed by atoms with E-state index >= 15 is 0 Å². The molecule has 2 heterocycles. The van der Waals surface area contributed by atoms with E-state index in [-0.39, 0.29) is 29.4 Å². The molecule has 27 heavy (non-hydrogen) atoms. The fourth-order valence-corrected chi connectivity index (χ4v) is 3.82. The van der Waals surface area contributed by atoms with Gasteiger partial charge in [0.2, 0.25) is 0 Å². The molecule has 1 saturated carbocycles. The summed E-state index contributed by atoms with van der Waals surface area (Å²) in [6, 6.07) is 7.15. The Bertz CT molecular complexity index is 926. The number of nitrogens with zero attached hydrogens (tertiary/aromatic N) is 2. The average molecular weight is 368 g/mol. The van der Waals surface area contributed by atoms with Crippen molar-refractivity contribution in [3.63, 3.8) is 0 Å². The van der Waals surface area contributed by atoms with Crippen LogP contribution in [0.2, 0.25) is 0 Å². The minimum atomic E-state index is -0.372. The summed E-state index contributed by atoms with van der Waals surface area (Å²) < 4.78 is 1.94. The molecule has 7 heteroatoms. The minimum absolute atomic E-state index is 0.234. The highest BCUT2D eigenvalue weighted by Crippen LogP contribution is 2.36. The molecule has 0 saturated heterocycles. The number of imide groups is 1. The highest BCUT2D eigenvalue weighted by Gasteiger charge is 2.30. The highest BCUT2D eigenvalue weighted by molar-refractivity contribution is 6.21. The molecule has 2 amide bonds. The predicted octanol–water partition coefficient (Wildman–Crippen LogP) is 2.89. The Hall–Kier alpha value is -2.67. The van der Waals surface area contributed by atoms with E-state index in [9.17, 15) is 14.7 Å². The molecule has 7 nitrogen and oxygen atoms in total. The summed E-state index contributed by atoms with van der Waals surface area (Å²) >= 11 is 0. The Kier molecular flexibility index (Phi) is 4.07. The summed E-state index contributed by atoms with van der Waals surface area (Å²) in [7, 11) is 0. The number of carbonyl (C=O) groups is 2. The van der Waals surface area contributed by atoms with E-state index in [1.165, 1.54) is 0 Å². The number of rotatable bonds is 3. The molecule has 0 spiro atoms. The van der Waals surface area contributed by atoms with Crippen molar-refractivity contribution in [2.24, 2.45) is 0 Å². The normalized spacial score (nSPS) is 22.1. The van der Waals surface area contributed by atoms with Crippen LogP contribution in [0.4, 0.5) is 11.5 Å². The van der Waals surface area contributed by atoms with Gasteiger partial charge in [0.15, 0.2) is 0 Å². The number of carbonyl (C=O) groups excluding carboxylic acids is 2. The molecule has 1 fully saturated rings. The standard InChI is InChI=1S/C20H24N4O3/c1-20(2,3)24-17(10-16(23-24)11-4-6-13(25)8-11)21-12-5-7-14-15(9-12)19(27)22-18(14)26/h5,7,9-11,13,21,25H,4,6,8H2,1-3H3,(H,22,26,27). The monoisotopic (exact) mass is 368 g/mol. The maximum Gasteiger partial charge on any atom is 0.259 e. The molecule has 2 aliphatic rings. The van der Waals surface area contributed by atoms with Crippen LogP contribution in [0.15, 0.2) is 24.3 Å². The van der Waals surface area contributed by atoms with Crippen molar-refractivity contribution in [3.05, 3.63) is 41.1 Å². The third-order valence-electron chi connectivity index (χ3n) is 5.20. The summed E-state index contributed by atoms with van der Waals surface area (Å²) in [5, 5.41) is 20.3. The first-order valence-corrected chi connectivity index (χ1v) is 9.27. The van der Waals surface area contributed by atoms with E-state index in [2.05, 4.69) is 31.4 Å². The van der Waals surface area contributed by atoms with E-state index in [4.69, 9.17) is 5.10 Å². The number of aliphatic hydroxyl groups excluding tert-OH is 1. The van der Waals surface area contributed by atoms with Gasteiger partial charge in [0.25, 0.3) is 11.8 Å². The van der Waals surface area contributed by atoms with Gasteiger partial charge in [-0.05, 0) is 58.2 Å². The second kappa shape index (κ2) is 6.20. The molecule has 2 unspecified atom stereocenters. The number of fused-ring (bicyclic) bond motifs is 1. The molecule has 1 aromatic carbocycles. The van der Waals surface area contributed by atoms with Crippen LogP contribution >= 0.6 is 0 Å². The molecule has 4 rings (SSSR count). The van der Waals surface area contributed by atoms with Crippen molar-refractivity contribution < 1.29 is 14.7 Å². The third kappa shape index (κ3) is 3.23. The molecule has 1 aromatic heterocycles. The summed E-state index contributed by atoms with van der Waals surface area (Å²) in [5.41, 5.74) is 2.24.